The lowest BCUT2D eigenvalue weighted by Crippen LogP contribution is -2.37. The first-order valence-corrected chi connectivity index (χ1v) is 7.26. The van der Waals surface area contributed by atoms with Crippen LogP contribution in [0.3, 0.4) is 0 Å². The fourth-order valence-electron chi connectivity index (χ4n) is 1.45. The molecule has 6 nitrogen and oxygen atoms in total. The SMILES string of the molecule is CN(CCNC(=O)OC(C)(C)C)CCC(=O)OC(C)(C)C. The van der Waals surface area contributed by atoms with Gasteiger partial charge >= 0.3 is 12.1 Å². The van der Waals surface area contributed by atoms with Crippen molar-refractivity contribution in [3.8, 4) is 0 Å². The molecule has 0 aromatic carbocycles. The van der Waals surface area contributed by atoms with Crippen molar-refractivity contribution in [2.75, 3.05) is 26.7 Å². The van der Waals surface area contributed by atoms with Crippen molar-refractivity contribution in [3.05, 3.63) is 0 Å². The van der Waals surface area contributed by atoms with E-state index in [1.807, 2.05) is 53.5 Å². The molecule has 0 saturated heterocycles. The molecule has 124 valence electrons. The normalized spacial score (nSPS) is 12.2. The van der Waals surface area contributed by atoms with E-state index in [1.165, 1.54) is 0 Å². The summed E-state index contributed by atoms with van der Waals surface area (Å²) < 4.78 is 10.4. The van der Waals surface area contributed by atoms with Gasteiger partial charge in [-0.15, -0.1) is 0 Å². The van der Waals surface area contributed by atoms with Gasteiger partial charge < -0.3 is 19.7 Å². The number of nitrogens with zero attached hydrogens (tertiary/aromatic N) is 1. The number of alkyl carbamates (subject to hydrolysis) is 1. The summed E-state index contributed by atoms with van der Waals surface area (Å²) in [5.74, 6) is -0.213. The van der Waals surface area contributed by atoms with E-state index in [9.17, 15) is 9.59 Å². The van der Waals surface area contributed by atoms with Crippen LogP contribution >= 0.6 is 0 Å². The monoisotopic (exact) mass is 302 g/mol. The minimum Gasteiger partial charge on any atom is -0.460 e. The molecule has 0 rings (SSSR count). The molecule has 1 N–H and O–H groups in total. The lowest BCUT2D eigenvalue weighted by Gasteiger charge is -2.22. The smallest absolute Gasteiger partial charge is 0.407 e. The van der Waals surface area contributed by atoms with Gasteiger partial charge in [0.2, 0.25) is 0 Å². The maximum absolute atomic E-state index is 11.6. The number of carbonyl (C=O) groups is 2. The molecule has 0 fully saturated rings. The number of hydrogen-bond donors (Lipinski definition) is 1. The van der Waals surface area contributed by atoms with E-state index >= 15 is 0 Å². The van der Waals surface area contributed by atoms with E-state index in [2.05, 4.69) is 5.32 Å². The zero-order chi connectivity index (χ0) is 16.7. The number of carbonyl (C=O) groups excluding carboxylic acids is 2. The Kier molecular flexibility index (Phi) is 7.71. The van der Waals surface area contributed by atoms with Crippen molar-refractivity contribution in [1.29, 1.82) is 0 Å². The summed E-state index contributed by atoms with van der Waals surface area (Å²) in [4.78, 5) is 25.0. The molecule has 0 bridgehead atoms. The Morgan fingerprint density at radius 2 is 1.48 bits per heavy atom. The molecule has 0 aliphatic carbocycles. The summed E-state index contributed by atoms with van der Waals surface area (Å²) in [6.45, 7) is 12.7. The number of ether oxygens (including phenoxy) is 2. The average molecular weight is 302 g/mol. The molecule has 0 aliphatic rings. The maximum Gasteiger partial charge on any atom is 0.407 e. The van der Waals surface area contributed by atoms with Crippen molar-refractivity contribution < 1.29 is 19.1 Å². The molecule has 0 atom stereocenters. The molecule has 21 heavy (non-hydrogen) atoms. The molecule has 0 saturated carbocycles. The summed E-state index contributed by atoms with van der Waals surface area (Å²) in [7, 11) is 1.89. The Morgan fingerprint density at radius 3 is 1.95 bits per heavy atom. The molecule has 0 aliphatic heterocycles. The fraction of sp³-hybridized carbons (Fsp3) is 0.867. The van der Waals surface area contributed by atoms with Crippen LogP contribution in [-0.2, 0) is 14.3 Å². The Bertz CT molecular complexity index is 343. The summed E-state index contributed by atoms with van der Waals surface area (Å²) in [5, 5.41) is 2.68. The Hall–Kier alpha value is -1.30. The largest absolute Gasteiger partial charge is 0.460 e. The van der Waals surface area contributed by atoms with Crippen LogP contribution in [0.1, 0.15) is 48.0 Å². The predicted octanol–water partition coefficient (Wildman–Crippen LogP) is 2.17. The molecule has 6 heteroatoms. The molecular formula is C15H30N2O4. The molecule has 0 heterocycles. The van der Waals surface area contributed by atoms with Gasteiger partial charge in [0.05, 0.1) is 6.42 Å². The van der Waals surface area contributed by atoms with E-state index in [0.717, 1.165) is 0 Å². The highest BCUT2D eigenvalue weighted by Crippen LogP contribution is 2.08. The van der Waals surface area contributed by atoms with Crippen molar-refractivity contribution in [1.82, 2.24) is 10.2 Å². The molecule has 1 amide bonds. The van der Waals surface area contributed by atoms with Gasteiger partial charge in [0.15, 0.2) is 0 Å². The fourth-order valence-corrected chi connectivity index (χ4v) is 1.45. The van der Waals surface area contributed by atoms with Gasteiger partial charge in [0.1, 0.15) is 11.2 Å². The first-order chi connectivity index (χ1) is 9.39. The summed E-state index contributed by atoms with van der Waals surface area (Å²) in [6.07, 6.45) is -0.0942. The van der Waals surface area contributed by atoms with Crippen LogP contribution in [0.5, 0.6) is 0 Å². The number of rotatable bonds is 6. The minimum absolute atomic E-state index is 0.213. The summed E-state index contributed by atoms with van der Waals surface area (Å²) in [5.41, 5.74) is -0.944. The molecular weight excluding hydrogens is 272 g/mol. The molecule has 0 radical (unpaired) electrons. The van der Waals surface area contributed by atoms with E-state index in [0.29, 0.717) is 26.1 Å². The lowest BCUT2D eigenvalue weighted by atomic mass is 10.2. The third kappa shape index (κ3) is 13.4. The van der Waals surface area contributed by atoms with Gasteiger partial charge in [-0.1, -0.05) is 0 Å². The zero-order valence-electron chi connectivity index (χ0n) is 14.4. The van der Waals surface area contributed by atoms with Crippen LogP contribution in [0.2, 0.25) is 0 Å². The van der Waals surface area contributed by atoms with E-state index in [-0.39, 0.29) is 5.97 Å². The van der Waals surface area contributed by atoms with Crippen LogP contribution in [0.15, 0.2) is 0 Å². The van der Waals surface area contributed by atoms with Crippen LogP contribution in [0.4, 0.5) is 4.79 Å². The van der Waals surface area contributed by atoms with Gasteiger partial charge in [-0.05, 0) is 48.6 Å². The highest BCUT2D eigenvalue weighted by Gasteiger charge is 2.17. The summed E-state index contributed by atoms with van der Waals surface area (Å²) >= 11 is 0. The molecule has 0 aromatic rings. The van der Waals surface area contributed by atoms with Crippen molar-refractivity contribution >= 4 is 12.1 Å². The molecule has 0 spiro atoms. The van der Waals surface area contributed by atoms with Crippen molar-refractivity contribution in [2.45, 2.75) is 59.2 Å². The zero-order valence-corrected chi connectivity index (χ0v) is 14.4. The third-order valence-corrected chi connectivity index (χ3v) is 2.28. The molecule has 0 aromatic heterocycles. The first kappa shape index (κ1) is 19.7. The maximum atomic E-state index is 11.6. The lowest BCUT2D eigenvalue weighted by molar-refractivity contribution is -0.155. The Labute approximate surface area is 128 Å². The van der Waals surface area contributed by atoms with Crippen LogP contribution in [-0.4, -0.2) is 54.8 Å². The number of amides is 1. The van der Waals surface area contributed by atoms with E-state index in [4.69, 9.17) is 9.47 Å². The second-order valence-corrected chi connectivity index (χ2v) is 7.07. The van der Waals surface area contributed by atoms with Crippen molar-refractivity contribution in [2.24, 2.45) is 0 Å². The number of nitrogens with one attached hydrogen (secondary N) is 1. The average Bonchev–Trinajstić information content (AvgIpc) is 2.21. The second kappa shape index (κ2) is 8.22. The highest BCUT2D eigenvalue weighted by atomic mass is 16.6. The minimum atomic E-state index is -0.493. The topological polar surface area (TPSA) is 67.9 Å². The van der Waals surface area contributed by atoms with Crippen LogP contribution in [0, 0.1) is 0 Å². The van der Waals surface area contributed by atoms with Crippen molar-refractivity contribution in [3.63, 3.8) is 0 Å². The molecule has 0 unspecified atom stereocenters. The van der Waals surface area contributed by atoms with Gasteiger partial charge in [-0.25, -0.2) is 4.79 Å². The van der Waals surface area contributed by atoms with E-state index < -0.39 is 17.3 Å². The number of hydrogen-bond acceptors (Lipinski definition) is 5. The summed E-state index contributed by atoms with van der Waals surface area (Å²) in [6, 6.07) is 0. The Morgan fingerprint density at radius 1 is 0.952 bits per heavy atom. The quantitative estimate of drug-likeness (QED) is 0.762. The van der Waals surface area contributed by atoms with Gasteiger partial charge in [-0.2, -0.15) is 0 Å². The first-order valence-electron chi connectivity index (χ1n) is 7.26. The predicted molar refractivity (Wildman–Crippen MR) is 82.2 cm³/mol. The number of likely N-dealkylation sites (N-methyl/N-ethyl adjacent to an activating group) is 1. The van der Waals surface area contributed by atoms with Crippen LogP contribution in [0.25, 0.3) is 0 Å². The van der Waals surface area contributed by atoms with Crippen LogP contribution < -0.4 is 5.32 Å². The standard InChI is InChI=1S/C15H30N2O4/c1-14(2,3)20-12(18)8-10-17(7)11-9-16-13(19)21-15(4,5)6/h8-11H2,1-7H3,(H,16,19). The van der Waals surface area contributed by atoms with Gasteiger partial charge in [-0.3, -0.25) is 4.79 Å². The highest BCUT2D eigenvalue weighted by molar-refractivity contribution is 5.70. The van der Waals surface area contributed by atoms with E-state index in [1.54, 1.807) is 0 Å². The van der Waals surface area contributed by atoms with Gasteiger partial charge in [0, 0.05) is 19.6 Å². The third-order valence-electron chi connectivity index (χ3n) is 2.28. The Balaban J connectivity index is 3.79. The van der Waals surface area contributed by atoms with Gasteiger partial charge in [0.25, 0.3) is 0 Å². The number of esters is 1. The second-order valence-electron chi connectivity index (χ2n) is 7.07.